The summed E-state index contributed by atoms with van der Waals surface area (Å²) in [6.45, 7) is 4.19. The van der Waals surface area contributed by atoms with Gasteiger partial charge in [-0.2, -0.15) is 0 Å². The zero-order valence-corrected chi connectivity index (χ0v) is 15.6. The van der Waals surface area contributed by atoms with Gasteiger partial charge in [-0.25, -0.2) is 9.69 Å². The highest BCUT2D eigenvalue weighted by Gasteiger charge is 2.37. The fourth-order valence-corrected chi connectivity index (χ4v) is 3.24. The van der Waals surface area contributed by atoms with Crippen LogP contribution in [0, 0.1) is 5.92 Å². The van der Waals surface area contributed by atoms with Gasteiger partial charge in [0.2, 0.25) is 0 Å². The molecule has 3 aromatic carbocycles. The number of esters is 1. The summed E-state index contributed by atoms with van der Waals surface area (Å²) in [4.78, 5) is 39.1. The SMILES string of the molecule is CC(C)COC(=O)c1ccc2c(c1)C(=O)N(c1ccc3ccccc3c1)C2=O. The first-order valence-electron chi connectivity index (χ1n) is 9.14. The Morgan fingerprint density at radius 2 is 1.61 bits per heavy atom. The molecule has 0 bridgehead atoms. The van der Waals surface area contributed by atoms with E-state index in [4.69, 9.17) is 4.74 Å². The molecule has 1 aliphatic rings. The van der Waals surface area contributed by atoms with Crippen molar-refractivity contribution in [3.63, 3.8) is 0 Å². The monoisotopic (exact) mass is 373 g/mol. The normalized spacial score (nSPS) is 13.3. The van der Waals surface area contributed by atoms with Crippen LogP contribution in [0.4, 0.5) is 5.69 Å². The van der Waals surface area contributed by atoms with Crippen molar-refractivity contribution >= 4 is 34.2 Å². The Kier molecular flexibility index (Phi) is 4.43. The van der Waals surface area contributed by atoms with Crippen LogP contribution in [0.25, 0.3) is 10.8 Å². The number of ether oxygens (including phenoxy) is 1. The summed E-state index contributed by atoms with van der Waals surface area (Å²) in [6.07, 6.45) is 0. The molecule has 4 rings (SSSR count). The van der Waals surface area contributed by atoms with Gasteiger partial charge in [0.1, 0.15) is 0 Å². The molecule has 3 aromatic rings. The van der Waals surface area contributed by atoms with Gasteiger partial charge in [0.15, 0.2) is 0 Å². The van der Waals surface area contributed by atoms with Crippen LogP contribution >= 0.6 is 0 Å². The van der Waals surface area contributed by atoms with E-state index in [9.17, 15) is 14.4 Å². The van der Waals surface area contributed by atoms with E-state index in [0.717, 1.165) is 15.7 Å². The highest BCUT2D eigenvalue weighted by molar-refractivity contribution is 6.35. The van der Waals surface area contributed by atoms with Crippen LogP contribution in [-0.4, -0.2) is 24.4 Å². The summed E-state index contributed by atoms with van der Waals surface area (Å²) in [6, 6.07) is 17.7. The molecule has 5 heteroatoms. The van der Waals surface area contributed by atoms with E-state index in [2.05, 4.69) is 0 Å². The van der Waals surface area contributed by atoms with Gasteiger partial charge in [-0.1, -0.05) is 44.2 Å². The van der Waals surface area contributed by atoms with Gasteiger partial charge in [0, 0.05) is 0 Å². The Morgan fingerprint density at radius 3 is 2.36 bits per heavy atom. The molecule has 1 heterocycles. The molecule has 2 amide bonds. The predicted octanol–water partition coefficient (Wildman–Crippen LogP) is 4.45. The summed E-state index contributed by atoms with van der Waals surface area (Å²) >= 11 is 0. The Hall–Kier alpha value is -3.47. The average molecular weight is 373 g/mol. The second-order valence-electron chi connectivity index (χ2n) is 7.23. The molecule has 0 aromatic heterocycles. The van der Waals surface area contributed by atoms with Crippen LogP contribution in [0.2, 0.25) is 0 Å². The molecule has 0 saturated carbocycles. The zero-order valence-electron chi connectivity index (χ0n) is 15.6. The Bertz CT molecular complexity index is 1120. The number of amides is 2. The van der Waals surface area contributed by atoms with E-state index >= 15 is 0 Å². The van der Waals surface area contributed by atoms with Gasteiger partial charge in [-0.05, 0) is 47.0 Å². The maximum atomic E-state index is 12.9. The summed E-state index contributed by atoms with van der Waals surface area (Å²) < 4.78 is 5.22. The van der Waals surface area contributed by atoms with Crippen LogP contribution in [0.3, 0.4) is 0 Å². The standard InChI is InChI=1S/C23H19NO4/c1-14(2)13-28-23(27)17-8-10-19-20(12-17)22(26)24(21(19)25)18-9-7-15-5-3-4-6-16(15)11-18/h3-12,14H,13H2,1-2H3. The third-order valence-corrected chi connectivity index (χ3v) is 4.66. The molecule has 5 nitrogen and oxygen atoms in total. The molecule has 140 valence electrons. The van der Waals surface area contributed by atoms with Crippen LogP contribution < -0.4 is 4.90 Å². The molecule has 28 heavy (non-hydrogen) atoms. The first-order valence-corrected chi connectivity index (χ1v) is 9.14. The fraction of sp³-hybridized carbons (Fsp3) is 0.174. The van der Waals surface area contributed by atoms with E-state index < -0.39 is 17.8 Å². The van der Waals surface area contributed by atoms with E-state index in [0.29, 0.717) is 17.9 Å². The highest BCUT2D eigenvalue weighted by atomic mass is 16.5. The second-order valence-corrected chi connectivity index (χ2v) is 7.23. The smallest absolute Gasteiger partial charge is 0.338 e. The predicted molar refractivity (Wildman–Crippen MR) is 107 cm³/mol. The van der Waals surface area contributed by atoms with E-state index in [1.54, 1.807) is 6.07 Å². The fourth-order valence-electron chi connectivity index (χ4n) is 3.24. The molecular formula is C23H19NO4. The minimum Gasteiger partial charge on any atom is -0.462 e. The maximum Gasteiger partial charge on any atom is 0.338 e. The number of hydrogen-bond acceptors (Lipinski definition) is 4. The number of rotatable bonds is 4. The van der Waals surface area contributed by atoms with Crippen molar-refractivity contribution in [3.05, 3.63) is 77.4 Å². The number of carbonyl (C=O) groups is 3. The number of hydrogen-bond donors (Lipinski definition) is 0. The number of imide groups is 1. The first-order chi connectivity index (χ1) is 13.5. The third-order valence-electron chi connectivity index (χ3n) is 4.66. The summed E-state index contributed by atoms with van der Waals surface area (Å²) in [5, 5.41) is 1.97. The summed E-state index contributed by atoms with van der Waals surface area (Å²) in [5.41, 5.74) is 1.28. The second kappa shape index (κ2) is 6.93. The lowest BCUT2D eigenvalue weighted by atomic mass is 10.1. The van der Waals surface area contributed by atoms with Crippen molar-refractivity contribution in [2.45, 2.75) is 13.8 Å². The molecule has 0 N–H and O–H groups in total. The zero-order chi connectivity index (χ0) is 19.8. The summed E-state index contributed by atoms with van der Waals surface area (Å²) in [7, 11) is 0. The van der Waals surface area contributed by atoms with Crippen molar-refractivity contribution in [2.75, 3.05) is 11.5 Å². The topological polar surface area (TPSA) is 63.7 Å². The van der Waals surface area contributed by atoms with Crippen molar-refractivity contribution in [2.24, 2.45) is 5.92 Å². The molecule has 0 fully saturated rings. The van der Waals surface area contributed by atoms with Crippen molar-refractivity contribution < 1.29 is 19.1 Å². The summed E-state index contributed by atoms with van der Waals surface area (Å²) in [5.74, 6) is -1.11. The van der Waals surface area contributed by atoms with Gasteiger partial charge in [0.25, 0.3) is 11.8 Å². The van der Waals surface area contributed by atoms with Crippen LogP contribution in [0.15, 0.2) is 60.7 Å². The molecule has 0 radical (unpaired) electrons. The van der Waals surface area contributed by atoms with Gasteiger partial charge >= 0.3 is 5.97 Å². The lowest BCUT2D eigenvalue weighted by Crippen LogP contribution is -2.29. The van der Waals surface area contributed by atoms with Crippen LogP contribution in [-0.2, 0) is 4.74 Å². The first kappa shape index (κ1) is 17.9. The minimum atomic E-state index is -0.499. The highest BCUT2D eigenvalue weighted by Crippen LogP contribution is 2.31. The molecular weight excluding hydrogens is 354 g/mol. The molecule has 1 aliphatic heterocycles. The van der Waals surface area contributed by atoms with Crippen LogP contribution in [0.5, 0.6) is 0 Å². The number of nitrogens with zero attached hydrogens (tertiary/aromatic N) is 1. The Labute approximate surface area is 162 Å². The van der Waals surface area contributed by atoms with Gasteiger partial charge in [-0.15, -0.1) is 0 Å². The van der Waals surface area contributed by atoms with Gasteiger partial charge < -0.3 is 4.74 Å². The van der Waals surface area contributed by atoms with Crippen molar-refractivity contribution in [1.82, 2.24) is 0 Å². The minimum absolute atomic E-state index is 0.213. The van der Waals surface area contributed by atoms with Crippen molar-refractivity contribution in [3.8, 4) is 0 Å². The number of fused-ring (bicyclic) bond motifs is 2. The van der Waals surface area contributed by atoms with Gasteiger partial charge in [0.05, 0.1) is 29.0 Å². The lowest BCUT2D eigenvalue weighted by molar-refractivity contribution is 0.0458. The number of benzene rings is 3. The molecule has 0 saturated heterocycles. The molecule has 0 atom stereocenters. The van der Waals surface area contributed by atoms with E-state index in [-0.39, 0.29) is 17.0 Å². The maximum absolute atomic E-state index is 12.9. The average Bonchev–Trinajstić information content (AvgIpc) is 2.95. The molecule has 0 unspecified atom stereocenters. The third kappa shape index (κ3) is 3.05. The van der Waals surface area contributed by atoms with Crippen molar-refractivity contribution in [1.29, 1.82) is 0 Å². The largest absolute Gasteiger partial charge is 0.462 e. The quantitative estimate of drug-likeness (QED) is 0.501. The molecule has 0 aliphatic carbocycles. The number of carbonyl (C=O) groups excluding carboxylic acids is 3. The van der Waals surface area contributed by atoms with Crippen LogP contribution in [0.1, 0.15) is 44.9 Å². The van der Waals surface area contributed by atoms with E-state index in [1.807, 2.05) is 50.2 Å². The Balaban J connectivity index is 1.67. The van der Waals surface area contributed by atoms with E-state index in [1.165, 1.54) is 18.2 Å². The Morgan fingerprint density at radius 1 is 0.893 bits per heavy atom. The lowest BCUT2D eigenvalue weighted by Gasteiger charge is -2.14. The number of anilines is 1. The molecule has 0 spiro atoms. The van der Waals surface area contributed by atoms with Gasteiger partial charge in [-0.3, -0.25) is 9.59 Å².